The van der Waals surface area contributed by atoms with Crippen molar-refractivity contribution in [2.24, 2.45) is 5.73 Å². The smallest absolute Gasteiger partial charge is 0.0665 e. The Hall–Kier alpha value is -0.510. The molecule has 1 aromatic carbocycles. The standard InChI is InChI=1S/C13H21NOS/c1-2-9-16-13-7-4-11(5-8-13)3-6-12(15)10-14/h4-5,7-8,12,15H,2-3,6,9-10,14H2,1H3. The topological polar surface area (TPSA) is 46.2 Å². The first-order valence-electron chi connectivity index (χ1n) is 5.86. The molecule has 0 saturated heterocycles. The first-order valence-corrected chi connectivity index (χ1v) is 6.84. The summed E-state index contributed by atoms with van der Waals surface area (Å²) in [6, 6.07) is 8.59. The molecule has 1 unspecified atom stereocenters. The third kappa shape index (κ3) is 5.01. The Kier molecular flexibility index (Phi) is 6.53. The molecular formula is C13H21NOS. The van der Waals surface area contributed by atoms with Gasteiger partial charge >= 0.3 is 0 Å². The largest absolute Gasteiger partial charge is 0.392 e. The molecule has 0 aliphatic carbocycles. The molecule has 0 fully saturated rings. The summed E-state index contributed by atoms with van der Waals surface area (Å²) in [5.74, 6) is 1.17. The van der Waals surface area contributed by atoms with Crippen molar-refractivity contribution in [3.8, 4) is 0 Å². The van der Waals surface area contributed by atoms with Gasteiger partial charge in [0.2, 0.25) is 0 Å². The summed E-state index contributed by atoms with van der Waals surface area (Å²) in [6.45, 7) is 2.54. The van der Waals surface area contributed by atoms with Gasteiger partial charge in [0.1, 0.15) is 0 Å². The summed E-state index contributed by atoms with van der Waals surface area (Å²) >= 11 is 1.89. The third-order valence-corrected chi connectivity index (χ3v) is 3.65. The molecule has 0 radical (unpaired) electrons. The molecule has 16 heavy (non-hydrogen) atoms. The third-order valence-electron chi connectivity index (χ3n) is 2.43. The zero-order valence-electron chi connectivity index (χ0n) is 9.86. The van der Waals surface area contributed by atoms with Gasteiger partial charge in [0, 0.05) is 11.4 Å². The molecule has 0 saturated carbocycles. The van der Waals surface area contributed by atoms with Crippen LogP contribution in [-0.4, -0.2) is 23.5 Å². The summed E-state index contributed by atoms with van der Waals surface area (Å²) in [5.41, 5.74) is 6.63. The fourth-order valence-electron chi connectivity index (χ4n) is 1.42. The van der Waals surface area contributed by atoms with Gasteiger partial charge in [-0.15, -0.1) is 11.8 Å². The summed E-state index contributed by atoms with van der Waals surface area (Å²) < 4.78 is 0. The summed E-state index contributed by atoms with van der Waals surface area (Å²) in [5, 5.41) is 9.36. The zero-order chi connectivity index (χ0) is 11.8. The Morgan fingerprint density at radius 3 is 2.56 bits per heavy atom. The fourth-order valence-corrected chi connectivity index (χ4v) is 2.19. The molecule has 0 spiro atoms. The van der Waals surface area contributed by atoms with Crippen LogP contribution in [0.4, 0.5) is 0 Å². The number of benzene rings is 1. The van der Waals surface area contributed by atoms with Gasteiger partial charge in [-0.2, -0.15) is 0 Å². The van der Waals surface area contributed by atoms with Gasteiger partial charge in [0.05, 0.1) is 6.10 Å². The minimum absolute atomic E-state index is 0.352. The number of thioether (sulfide) groups is 1. The van der Waals surface area contributed by atoms with E-state index >= 15 is 0 Å². The van der Waals surface area contributed by atoms with Crippen molar-refractivity contribution in [1.82, 2.24) is 0 Å². The minimum atomic E-state index is -0.367. The lowest BCUT2D eigenvalue weighted by molar-refractivity contribution is 0.173. The van der Waals surface area contributed by atoms with Crippen molar-refractivity contribution in [1.29, 1.82) is 0 Å². The maximum atomic E-state index is 9.36. The van der Waals surface area contributed by atoms with Crippen LogP contribution < -0.4 is 5.73 Å². The lowest BCUT2D eigenvalue weighted by Gasteiger charge is -2.07. The monoisotopic (exact) mass is 239 g/mol. The van der Waals surface area contributed by atoms with Crippen LogP contribution in [0.1, 0.15) is 25.3 Å². The molecule has 0 aromatic heterocycles. The predicted molar refractivity (Wildman–Crippen MR) is 70.8 cm³/mol. The SMILES string of the molecule is CCCSc1ccc(CCC(O)CN)cc1. The zero-order valence-corrected chi connectivity index (χ0v) is 10.7. The summed E-state index contributed by atoms with van der Waals surface area (Å²) in [4.78, 5) is 1.32. The van der Waals surface area contributed by atoms with Gasteiger partial charge in [-0.25, -0.2) is 0 Å². The van der Waals surface area contributed by atoms with E-state index in [1.54, 1.807) is 0 Å². The highest BCUT2D eigenvalue weighted by molar-refractivity contribution is 7.99. The van der Waals surface area contributed by atoms with E-state index in [-0.39, 0.29) is 6.10 Å². The highest BCUT2D eigenvalue weighted by Gasteiger charge is 2.01. The van der Waals surface area contributed by atoms with E-state index in [9.17, 15) is 5.11 Å². The van der Waals surface area contributed by atoms with E-state index in [1.807, 2.05) is 11.8 Å². The summed E-state index contributed by atoms with van der Waals surface area (Å²) in [6.07, 6.45) is 2.48. The van der Waals surface area contributed by atoms with Crippen molar-refractivity contribution >= 4 is 11.8 Å². The Bertz CT molecular complexity index is 286. The van der Waals surface area contributed by atoms with Crippen LogP contribution in [0.3, 0.4) is 0 Å². The second-order valence-electron chi connectivity index (χ2n) is 3.92. The Morgan fingerprint density at radius 1 is 1.31 bits per heavy atom. The molecule has 0 aliphatic heterocycles. The highest BCUT2D eigenvalue weighted by Crippen LogP contribution is 2.19. The van der Waals surface area contributed by atoms with E-state index in [0.717, 1.165) is 12.8 Å². The van der Waals surface area contributed by atoms with Crippen LogP contribution in [0.15, 0.2) is 29.2 Å². The van der Waals surface area contributed by atoms with Crippen LogP contribution in [-0.2, 0) is 6.42 Å². The minimum Gasteiger partial charge on any atom is -0.392 e. The highest BCUT2D eigenvalue weighted by atomic mass is 32.2. The summed E-state index contributed by atoms with van der Waals surface area (Å²) in [7, 11) is 0. The number of aryl methyl sites for hydroxylation is 1. The lowest BCUT2D eigenvalue weighted by atomic mass is 10.1. The molecule has 0 amide bonds. The second kappa shape index (κ2) is 7.71. The number of rotatable bonds is 7. The van der Waals surface area contributed by atoms with Gasteiger partial charge in [-0.3, -0.25) is 0 Å². The number of hydrogen-bond donors (Lipinski definition) is 2. The normalized spacial score (nSPS) is 12.7. The van der Waals surface area contributed by atoms with Crippen LogP contribution in [0.25, 0.3) is 0 Å². The van der Waals surface area contributed by atoms with Crippen LogP contribution in [0.2, 0.25) is 0 Å². The molecule has 0 bridgehead atoms. The van der Waals surface area contributed by atoms with Crippen molar-refractivity contribution in [3.05, 3.63) is 29.8 Å². The van der Waals surface area contributed by atoms with Gasteiger partial charge in [-0.1, -0.05) is 19.1 Å². The van der Waals surface area contributed by atoms with Crippen LogP contribution in [0, 0.1) is 0 Å². The number of aliphatic hydroxyl groups is 1. The molecule has 3 heteroatoms. The van der Waals surface area contributed by atoms with E-state index in [0.29, 0.717) is 6.54 Å². The van der Waals surface area contributed by atoms with E-state index < -0.39 is 0 Å². The average Bonchev–Trinajstić information content (AvgIpc) is 2.34. The maximum Gasteiger partial charge on any atom is 0.0665 e. The number of hydrogen-bond acceptors (Lipinski definition) is 3. The fraction of sp³-hybridized carbons (Fsp3) is 0.538. The molecule has 1 aromatic rings. The van der Waals surface area contributed by atoms with Crippen molar-refractivity contribution in [2.75, 3.05) is 12.3 Å². The quantitative estimate of drug-likeness (QED) is 0.718. The van der Waals surface area contributed by atoms with Gasteiger partial charge in [-0.05, 0) is 42.7 Å². The molecule has 90 valence electrons. The predicted octanol–water partition coefficient (Wildman–Crippen LogP) is 2.44. The first-order chi connectivity index (χ1) is 7.76. The molecule has 0 aliphatic rings. The maximum absolute atomic E-state index is 9.36. The van der Waals surface area contributed by atoms with E-state index in [2.05, 4.69) is 31.2 Å². The van der Waals surface area contributed by atoms with Crippen molar-refractivity contribution in [2.45, 2.75) is 37.2 Å². The molecule has 1 rings (SSSR count). The molecular weight excluding hydrogens is 218 g/mol. The average molecular weight is 239 g/mol. The van der Waals surface area contributed by atoms with E-state index in [1.165, 1.54) is 22.6 Å². The van der Waals surface area contributed by atoms with Crippen LogP contribution in [0.5, 0.6) is 0 Å². The van der Waals surface area contributed by atoms with Gasteiger partial charge in [0.15, 0.2) is 0 Å². The molecule has 3 N–H and O–H groups in total. The van der Waals surface area contributed by atoms with E-state index in [4.69, 9.17) is 5.73 Å². The van der Waals surface area contributed by atoms with Gasteiger partial charge < -0.3 is 10.8 Å². The first kappa shape index (κ1) is 13.6. The van der Waals surface area contributed by atoms with Crippen molar-refractivity contribution < 1.29 is 5.11 Å². The molecule has 1 atom stereocenters. The van der Waals surface area contributed by atoms with Gasteiger partial charge in [0.25, 0.3) is 0 Å². The number of nitrogens with two attached hydrogens (primary N) is 1. The Labute approximate surface area is 102 Å². The molecule has 2 nitrogen and oxygen atoms in total. The lowest BCUT2D eigenvalue weighted by Crippen LogP contribution is -2.20. The Morgan fingerprint density at radius 2 is 2.00 bits per heavy atom. The van der Waals surface area contributed by atoms with Crippen molar-refractivity contribution in [3.63, 3.8) is 0 Å². The Balaban J connectivity index is 2.38. The second-order valence-corrected chi connectivity index (χ2v) is 5.09. The number of aliphatic hydroxyl groups excluding tert-OH is 1. The molecule has 0 heterocycles. The van der Waals surface area contributed by atoms with Crippen LogP contribution >= 0.6 is 11.8 Å².